The molecule has 6 nitrogen and oxygen atoms in total. The van der Waals surface area contributed by atoms with Gasteiger partial charge in [0.1, 0.15) is 16.4 Å². The van der Waals surface area contributed by atoms with Crippen molar-refractivity contribution in [2.75, 3.05) is 7.05 Å². The molecule has 0 spiro atoms. The highest BCUT2D eigenvalue weighted by Crippen LogP contribution is 2.26. The van der Waals surface area contributed by atoms with Gasteiger partial charge < -0.3 is 10.6 Å². The number of nitrogens with zero attached hydrogens (tertiary/aromatic N) is 2. The van der Waals surface area contributed by atoms with Crippen LogP contribution in [-0.2, 0) is 0 Å². The second kappa shape index (κ2) is 6.76. The molecule has 24 heavy (non-hydrogen) atoms. The number of nitrogens with one attached hydrogen (secondary N) is 2. The van der Waals surface area contributed by atoms with Crippen LogP contribution in [0.25, 0.3) is 10.2 Å². The van der Waals surface area contributed by atoms with E-state index in [4.69, 9.17) is 0 Å². The highest BCUT2D eigenvalue weighted by atomic mass is 32.1. The lowest BCUT2D eigenvalue weighted by atomic mass is 10.2. The normalized spacial score (nSPS) is 11.9. The van der Waals surface area contributed by atoms with Crippen LogP contribution in [0.4, 0.5) is 0 Å². The Balaban J connectivity index is 1.77. The number of rotatable bonds is 4. The molecule has 0 aliphatic rings. The topological polar surface area (TPSA) is 84.0 Å². The Morgan fingerprint density at radius 2 is 1.71 bits per heavy atom. The van der Waals surface area contributed by atoms with Crippen LogP contribution in [0, 0.1) is 0 Å². The predicted molar refractivity (Wildman–Crippen MR) is 93.1 cm³/mol. The van der Waals surface area contributed by atoms with E-state index < -0.39 is 0 Å². The molecule has 2 amide bonds. The second-order valence-electron chi connectivity index (χ2n) is 5.20. The lowest BCUT2D eigenvalue weighted by Gasteiger charge is -2.11. The van der Waals surface area contributed by atoms with Gasteiger partial charge in [-0.1, -0.05) is 18.2 Å². The van der Waals surface area contributed by atoms with Crippen LogP contribution in [0.1, 0.15) is 39.0 Å². The third kappa shape index (κ3) is 3.26. The first kappa shape index (κ1) is 16.1. The number of fused-ring (bicyclic) bond motifs is 1. The van der Waals surface area contributed by atoms with Gasteiger partial charge in [-0.05, 0) is 31.2 Å². The minimum atomic E-state index is -0.340. The molecule has 1 unspecified atom stereocenters. The van der Waals surface area contributed by atoms with Crippen molar-refractivity contribution in [3.05, 3.63) is 58.9 Å². The van der Waals surface area contributed by atoms with Gasteiger partial charge in [-0.25, -0.2) is 9.97 Å². The average Bonchev–Trinajstić information content (AvgIpc) is 3.05. The number of benzene rings is 1. The van der Waals surface area contributed by atoms with E-state index in [1.807, 2.05) is 31.2 Å². The van der Waals surface area contributed by atoms with E-state index in [9.17, 15) is 9.59 Å². The summed E-state index contributed by atoms with van der Waals surface area (Å²) in [6, 6.07) is 12.4. The van der Waals surface area contributed by atoms with Crippen LogP contribution >= 0.6 is 11.3 Å². The molecule has 122 valence electrons. The molecular weight excluding hydrogens is 324 g/mol. The summed E-state index contributed by atoms with van der Waals surface area (Å²) in [5, 5.41) is 6.19. The third-order valence-electron chi connectivity index (χ3n) is 3.47. The van der Waals surface area contributed by atoms with E-state index in [2.05, 4.69) is 20.6 Å². The first-order valence-electron chi connectivity index (χ1n) is 7.44. The molecule has 2 aromatic heterocycles. The van der Waals surface area contributed by atoms with Crippen LogP contribution in [0.3, 0.4) is 0 Å². The predicted octanol–water partition coefficient (Wildman–Crippen LogP) is 2.54. The van der Waals surface area contributed by atoms with Crippen LogP contribution in [0.5, 0.6) is 0 Å². The SMILES string of the molecule is CNC(=O)c1cccc(C(=O)NC(C)c2nc3ccccc3s2)n1. The maximum Gasteiger partial charge on any atom is 0.270 e. The quantitative estimate of drug-likeness (QED) is 0.764. The second-order valence-corrected chi connectivity index (χ2v) is 6.26. The summed E-state index contributed by atoms with van der Waals surface area (Å²) in [6.07, 6.45) is 0. The number of carbonyl (C=O) groups is 2. The summed E-state index contributed by atoms with van der Waals surface area (Å²) in [5.41, 5.74) is 1.32. The Hall–Kier alpha value is -2.80. The van der Waals surface area contributed by atoms with Crippen LogP contribution in [-0.4, -0.2) is 28.8 Å². The molecule has 2 N–H and O–H groups in total. The summed E-state index contributed by atoms with van der Waals surface area (Å²) < 4.78 is 1.08. The Kier molecular flexibility index (Phi) is 4.52. The molecule has 0 saturated heterocycles. The Morgan fingerprint density at radius 3 is 2.42 bits per heavy atom. The van der Waals surface area contributed by atoms with Gasteiger partial charge in [0.15, 0.2) is 0 Å². The number of thiazole rings is 1. The standard InChI is InChI=1S/C17H16N4O2S/c1-10(17-21-11-6-3-4-9-14(11)24-17)19-16(23)13-8-5-7-12(20-13)15(22)18-2/h3-10H,1-2H3,(H,18,22)(H,19,23). The summed E-state index contributed by atoms with van der Waals surface area (Å²) in [4.78, 5) is 32.6. The monoisotopic (exact) mass is 340 g/mol. The molecule has 3 rings (SSSR count). The Morgan fingerprint density at radius 1 is 1.00 bits per heavy atom. The van der Waals surface area contributed by atoms with Crippen molar-refractivity contribution in [2.45, 2.75) is 13.0 Å². The van der Waals surface area contributed by atoms with Gasteiger partial charge >= 0.3 is 0 Å². The molecule has 0 saturated carbocycles. The largest absolute Gasteiger partial charge is 0.354 e. The minimum Gasteiger partial charge on any atom is -0.354 e. The summed E-state index contributed by atoms with van der Waals surface area (Å²) in [6.45, 7) is 1.87. The van der Waals surface area contributed by atoms with Crippen LogP contribution in [0.15, 0.2) is 42.5 Å². The van der Waals surface area contributed by atoms with Gasteiger partial charge in [-0.3, -0.25) is 9.59 Å². The fourth-order valence-electron chi connectivity index (χ4n) is 2.22. The Bertz CT molecular complexity index is 873. The molecule has 2 heterocycles. The molecule has 1 atom stereocenters. The maximum absolute atomic E-state index is 12.4. The molecule has 0 fully saturated rings. The summed E-state index contributed by atoms with van der Waals surface area (Å²) >= 11 is 1.54. The zero-order valence-electron chi connectivity index (χ0n) is 13.2. The van der Waals surface area contributed by atoms with E-state index in [0.717, 1.165) is 15.2 Å². The lowest BCUT2D eigenvalue weighted by molar-refractivity contribution is 0.0934. The number of hydrogen-bond donors (Lipinski definition) is 2. The molecule has 0 aliphatic carbocycles. The molecule has 0 radical (unpaired) electrons. The lowest BCUT2D eigenvalue weighted by Crippen LogP contribution is -2.28. The average molecular weight is 340 g/mol. The van der Waals surface area contributed by atoms with Gasteiger partial charge in [-0.2, -0.15) is 0 Å². The third-order valence-corrected chi connectivity index (χ3v) is 4.69. The fourth-order valence-corrected chi connectivity index (χ4v) is 3.19. The first-order valence-corrected chi connectivity index (χ1v) is 8.25. The number of pyridine rings is 1. The van der Waals surface area contributed by atoms with Crippen LogP contribution in [0.2, 0.25) is 0 Å². The van der Waals surface area contributed by atoms with E-state index in [1.54, 1.807) is 29.5 Å². The molecule has 0 bridgehead atoms. The van der Waals surface area contributed by atoms with Crippen LogP contribution < -0.4 is 10.6 Å². The van der Waals surface area contributed by atoms with Crippen molar-refractivity contribution < 1.29 is 9.59 Å². The van der Waals surface area contributed by atoms with Gasteiger partial charge in [0.25, 0.3) is 11.8 Å². The van der Waals surface area contributed by atoms with E-state index in [0.29, 0.717) is 0 Å². The maximum atomic E-state index is 12.4. The molecular formula is C17H16N4O2S. The zero-order valence-corrected chi connectivity index (χ0v) is 14.1. The zero-order chi connectivity index (χ0) is 17.1. The van der Waals surface area contributed by atoms with Gasteiger partial charge in [0.05, 0.1) is 16.3 Å². The fraction of sp³-hybridized carbons (Fsp3) is 0.176. The van der Waals surface area contributed by atoms with E-state index in [1.165, 1.54) is 7.05 Å². The van der Waals surface area contributed by atoms with Crippen molar-refractivity contribution in [2.24, 2.45) is 0 Å². The molecule has 7 heteroatoms. The van der Waals surface area contributed by atoms with Gasteiger partial charge in [0, 0.05) is 7.05 Å². The number of aromatic nitrogens is 2. The molecule has 1 aromatic carbocycles. The van der Waals surface area contributed by atoms with Crippen molar-refractivity contribution in [1.29, 1.82) is 0 Å². The van der Waals surface area contributed by atoms with E-state index >= 15 is 0 Å². The highest BCUT2D eigenvalue weighted by molar-refractivity contribution is 7.18. The summed E-state index contributed by atoms with van der Waals surface area (Å²) in [7, 11) is 1.52. The number of hydrogen-bond acceptors (Lipinski definition) is 5. The first-order chi connectivity index (χ1) is 11.6. The van der Waals surface area contributed by atoms with Gasteiger partial charge in [0.2, 0.25) is 0 Å². The Labute approximate surface area is 142 Å². The number of amides is 2. The smallest absolute Gasteiger partial charge is 0.270 e. The highest BCUT2D eigenvalue weighted by Gasteiger charge is 2.17. The van der Waals surface area contributed by atoms with Crippen molar-refractivity contribution in [3.8, 4) is 0 Å². The van der Waals surface area contributed by atoms with Crippen molar-refractivity contribution >= 4 is 33.4 Å². The van der Waals surface area contributed by atoms with Crippen molar-refractivity contribution in [1.82, 2.24) is 20.6 Å². The minimum absolute atomic E-state index is 0.198. The molecule has 0 aliphatic heterocycles. The van der Waals surface area contributed by atoms with E-state index in [-0.39, 0.29) is 29.2 Å². The van der Waals surface area contributed by atoms with Gasteiger partial charge in [-0.15, -0.1) is 11.3 Å². The number of para-hydroxylation sites is 1. The molecule has 3 aromatic rings. The number of carbonyl (C=O) groups excluding carboxylic acids is 2. The van der Waals surface area contributed by atoms with Crippen molar-refractivity contribution in [3.63, 3.8) is 0 Å². The summed E-state index contributed by atoms with van der Waals surface area (Å²) in [5.74, 6) is -0.670.